The highest BCUT2D eigenvalue weighted by molar-refractivity contribution is 9.10. The fraction of sp³-hybridized carbons (Fsp3) is 0.0714. The first-order valence-electron chi connectivity index (χ1n) is 5.55. The van der Waals surface area contributed by atoms with Crippen LogP contribution in [0.25, 0.3) is 22.6 Å². The first kappa shape index (κ1) is 11.3. The van der Waals surface area contributed by atoms with Crippen molar-refractivity contribution >= 4 is 32.7 Å². The summed E-state index contributed by atoms with van der Waals surface area (Å²) < 4.78 is 6.75. The molecule has 3 rings (SSSR count). The van der Waals surface area contributed by atoms with Gasteiger partial charge in [0.15, 0.2) is 5.58 Å². The lowest BCUT2D eigenvalue weighted by molar-refractivity contribution is 0.620. The Labute approximate surface area is 113 Å². The fourth-order valence-corrected chi connectivity index (χ4v) is 2.53. The third kappa shape index (κ3) is 1.99. The van der Waals surface area contributed by atoms with Crippen molar-refractivity contribution in [3.05, 3.63) is 46.4 Å². The van der Waals surface area contributed by atoms with Gasteiger partial charge in [-0.2, -0.15) is 0 Å². The third-order valence-electron chi connectivity index (χ3n) is 2.70. The van der Waals surface area contributed by atoms with E-state index in [9.17, 15) is 0 Å². The molecule has 0 saturated carbocycles. The summed E-state index contributed by atoms with van der Waals surface area (Å²) in [5, 5.41) is 0. The van der Waals surface area contributed by atoms with Crippen molar-refractivity contribution in [2.45, 2.75) is 6.92 Å². The molecule has 0 radical (unpaired) electrons. The van der Waals surface area contributed by atoms with Crippen molar-refractivity contribution in [2.75, 3.05) is 5.73 Å². The van der Waals surface area contributed by atoms with Gasteiger partial charge in [-0.15, -0.1) is 0 Å². The van der Waals surface area contributed by atoms with Crippen molar-refractivity contribution in [1.29, 1.82) is 0 Å². The van der Waals surface area contributed by atoms with Gasteiger partial charge in [-0.1, -0.05) is 15.9 Å². The Balaban J connectivity index is 2.19. The van der Waals surface area contributed by atoms with Crippen LogP contribution in [0.5, 0.6) is 0 Å². The molecule has 3 nitrogen and oxygen atoms in total. The maximum atomic E-state index is 5.73. The molecule has 3 aromatic rings. The quantitative estimate of drug-likeness (QED) is 0.687. The van der Waals surface area contributed by atoms with Crippen molar-refractivity contribution in [2.24, 2.45) is 0 Å². The van der Waals surface area contributed by atoms with Gasteiger partial charge in [0.2, 0.25) is 5.89 Å². The van der Waals surface area contributed by atoms with E-state index in [0.29, 0.717) is 17.2 Å². The van der Waals surface area contributed by atoms with Crippen LogP contribution in [0.15, 0.2) is 45.3 Å². The molecular weight excluding hydrogens is 292 g/mol. The lowest BCUT2D eigenvalue weighted by atomic mass is 10.1. The predicted molar refractivity (Wildman–Crippen MR) is 76.3 cm³/mol. The number of nitrogens with two attached hydrogens (primary N) is 1. The average molecular weight is 303 g/mol. The molecule has 2 N–H and O–H groups in total. The molecule has 0 aliphatic rings. The fourth-order valence-electron chi connectivity index (χ4n) is 1.92. The van der Waals surface area contributed by atoms with Crippen molar-refractivity contribution in [1.82, 2.24) is 4.98 Å². The number of anilines is 1. The number of hydrogen-bond acceptors (Lipinski definition) is 3. The Bertz CT molecular complexity index is 713. The third-order valence-corrected chi connectivity index (χ3v) is 3.16. The van der Waals surface area contributed by atoms with Crippen molar-refractivity contribution in [3.8, 4) is 11.5 Å². The molecule has 90 valence electrons. The van der Waals surface area contributed by atoms with Gasteiger partial charge in [-0.25, -0.2) is 4.98 Å². The summed E-state index contributed by atoms with van der Waals surface area (Å²) in [6.07, 6.45) is 0. The molecule has 0 amide bonds. The monoisotopic (exact) mass is 302 g/mol. The maximum absolute atomic E-state index is 5.73. The Morgan fingerprint density at radius 1 is 1.17 bits per heavy atom. The largest absolute Gasteiger partial charge is 0.436 e. The summed E-state index contributed by atoms with van der Waals surface area (Å²) in [7, 11) is 0. The summed E-state index contributed by atoms with van der Waals surface area (Å²) in [6.45, 7) is 2.04. The Morgan fingerprint density at radius 3 is 2.78 bits per heavy atom. The summed E-state index contributed by atoms with van der Waals surface area (Å²) in [5.41, 5.74) is 10.0. The van der Waals surface area contributed by atoms with Gasteiger partial charge >= 0.3 is 0 Å². The number of aryl methyl sites for hydroxylation is 1. The first-order chi connectivity index (χ1) is 8.61. The van der Waals surface area contributed by atoms with E-state index in [2.05, 4.69) is 20.9 Å². The number of benzene rings is 2. The van der Waals surface area contributed by atoms with E-state index in [0.717, 1.165) is 21.1 Å². The number of nitrogens with zero attached hydrogens (tertiary/aromatic N) is 1. The van der Waals surface area contributed by atoms with Crippen LogP contribution < -0.4 is 5.73 Å². The number of halogens is 1. The normalized spacial score (nSPS) is 11.0. The van der Waals surface area contributed by atoms with Crippen LogP contribution in [-0.2, 0) is 0 Å². The van der Waals surface area contributed by atoms with E-state index in [-0.39, 0.29) is 0 Å². The molecular formula is C14H11BrN2O. The van der Waals surface area contributed by atoms with Crippen LogP contribution in [0.1, 0.15) is 5.56 Å². The standard InChI is InChI=1S/C14H11BrN2O/c1-8-4-9(6-10(15)5-8)14-17-12-3-2-11(16)7-13(12)18-14/h2-7H,16H2,1H3. The van der Waals surface area contributed by atoms with E-state index in [4.69, 9.17) is 10.2 Å². The topological polar surface area (TPSA) is 52.0 Å². The minimum Gasteiger partial charge on any atom is -0.436 e. The minimum atomic E-state index is 0.611. The lowest BCUT2D eigenvalue weighted by Gasteiger charge is -1.99. The average Bonchev–Trinajstić information content (AvgIpc) is 2.70. The highest BCUT2D eigenvalue weighted by Gasteiger charge is 2.09. The molecule has 0 aliphatic heterocycles. The molecule has 4 heteroatoms. The zero-order chi connectivity index (χ0) is 12.7. The zero-order valence-electron chi connectivity index (χ0n) is 9.77. The van der Waals surface area contributed by atoms with Gasteiger partial charge in [-0.3, -0.25) is 0 Å². The minimum absolute atomic E-state index is 0.611. The summed E-state index contributed by atoms with van der Waals surface area (Å²) in [4.78, 5) is 4.46. The van der Waals surface area contributed by atoms with E-state index in [1.165, 1.54) is 0 Å². The SMILES string of the molecule is Cc1cc(Br)cc(-c2nc3ccc(N)cc3o2)c1. The smallest absolute Gasteiger partial charge is 0.227 e. The Morgan fingerprint density at radius 2 is 2.00 bits per heavy atom. The number of fused-ring (bicyclic) bond motifs is 1. The van der Waals surface area contributed by atoms with Gasteiger partial charge < -0.3 is 10.2 Å². The molecule has 0 atom stereocenters. The van der Waals surface area contributed by atoms with Crippen molar-refractivity contribution < 1.29 is 4.42 Å². The van der Waals surface area contributed by atoms with Gasteiger partial charge in [0.05, 0.1) is 0 Å². The van der Waals surface area contributed by atoms with E-state index in [1.807, 2.05) is 37.3 Å². The van der Waals surface area contributed by atoms with Crippen LogP contribution >= 0.6 is 15.9 Å². The molecule has 2 aromatic carbocycles. The second kappa shape index (κ2) is 4.14. The second-order valence-corrected chi connectivity index (χ2v) is 5.18. The van der Waals surface area contributed by atoms with Crippen LogP contribution in [0.2, 0.25) is 0 Å². The molecule has 0 aliphatic carbocycles. The molecule has 0 fully saturated rings. The van der Waals surface area contributed by atoms with Crippen molar-refractivity contribution in [3.63, 3.8) is 0 Å². The Kier molecular flexibility index (Phi) is 2.59. The Hall–Kier alpha value is -1.81. The number of oxazole rings is 1. The molecule has 1 aromatic heterocycles. The van der Waals surface area contributed by atoms with Crippen LogP contribution in [0.3, 0.4) is 0 Å². The van der Waals surface area contributed by atoms with Gasteiger partial charge in [0.25, 0.3) is 0 Å². The maximum Gasteiger partial charge on any atom is 0.227 e. The molecule has 0 unspecified atom stereocenters. The highest BCUT2D eigenvalue weighted by atomic mass is 79.9. The zero-order valence-corrected chi connectivity index (χ0v) is 11.4. The van der Waals surface area contributed by atoms with Crippen LogP contribution in [0.4, 0.5) is 5.69 Å². The number of hydrogen-bond donors (Lipinski definition) is 1. The number of aromatic nitrogens is 1. The molecule has 0 saturated heterocycles. The van der Waals surface area contributed by atoms with E-state index in [1.54, 1.807) is 6.07 Å². The molecule has 1 heterocycles. The lowest BCUT2D eigenvalue weighted by Crippen LogP contribution is -1.81. The second-order valence-electron chi connectivity index (χ2n) is 4.26. The van der Waals surface area contributed by atoms with E-state index < -0.39 is 0 Å². The van der Waals surface area contributed by atoms with Gasteiger partial charge in [-0.05, 0) is 42.8 Å². The highest BCUT2D eigenvalue weighted by Crippen LogP contribution is 2.28. The van der Waals surface area contributed by atoms with Crippen LogP contribution in [0, 0.1) is 6.92 Å². The van der Waals surface area contributed by atoms with Gasteiger partial charge in [0, 0.05) is 21.8 Å². The van der Waals surface area contributed by atoms with E-state index >= 15 is 0 Å². The summed E-state index contributed by atoms with van der Waals surface area (Å²) in [6, 6.07) is 11.5. The van der Waals surface area contributed by atoms with Gasteiger partial charge in [0.1, 0.15) is 5.52 Å². The predicted octanol–water partition coefficient (Wildman–Crippen LogP) is 4.15. The number of nitrogen functional groups attached to an aromatic ring is 1. The molecule has 0 bridgehead atoms. The summed E-state index contributed by atoms with van der Waals surface area (Å²) >= 11 is 3.48. The number of rotatable bonds is 1. The molecule has 18 heavy (non-hydrogen) atoms. The summed E-state index contributed by atoms with van der Waals surface area (Å²) in [5.74, 6) is 0.611. The first-order valence-corrected chi connectivity index (χ1v) is 6.35. The molecule has 0 spiro atoms. The van der Waals surface area contributed by atoms with Crippen LogP contribution in [-0.4, -0.2) is 4.98 Å².